The van der Waals surface area contributed by atoms with Gasteiger partial charge in [-0.3, -0.25) is 0 Å². The molecule has 12 aromatic rings. The molecule has 0 aliphatic rings. The maximum Gasteiger partial charge on any atom is 0.163 e. The fraction of sp³-hybridized carbons (Fsp3) is 0.153. The van der Waals surface area contributed by atoms with E-state index in [9.17, 15) is 10.5 Å². The SMILES string of the molecule is Cc1cc(C#N)cc(-c2c(-n3c4cc(-c5nc(C)nc(C)n5)ccc4c4ccc(-c5nc(C)nc(C)n5)cc43)cc(C#N)cc2-n2c3cc(-c4nc(C)nc(C)n4)ccc3c3ccc(-c4nc(C)nc(C)n4)cc32)c1. The van der Waals surface area contributed by atoms with Crippen LogP contribution < -0.4 is 0 Å². The molecule has 16 heteroatoms. The molecule has 16 nitrogen and oxygen atoms in total. The molecule has 0 N–H and O–H groups in total. The van der Waals surface area contributed by atoms with Gasteiger partial charge in [0.15, 0.2) is 23.3 Å². The first kappa shape index (κ1) is 46.0. The second-order valence-electron chi connectivity index (χ2n) is 18.8. The van der Waals surface area contributed by atoms with E-state index in [1.54, 1.807) is 0 Å². The number of aryl methyl sites for hydroxylation is 9. The molecule has 6 aromatic carbocycles. The number of fused-ring (bicyclic) bond motifs is 6. The number of benzene rings is 6. The molecule has 0 bridgehead atoms. The van der Waals surface area contributed by atoms with Crippen molar-refractivity contribution in [1.29, 1.82) is 10.5 Å². The van der Waals surface area contributed by atoms with E-state index in [4.69, 9.17) is 39.9 Å². The van der Waals surface area contributed by atoms with Gasteiger partial charge in [0.25, 0.3) is 0 Å². The van der Waals surface area contributed by atoms with Gasteiger partial charge in [-0.15, -0.1) is 0 Å². The maximum atomic E-state index is 11.3. The largest absolute Gasteiger partial charge is 0.308 e. The van der Waals surface area contributed by atoms with Crippen molar-refractivity contribution in [2.75, 3.05) is 0 Å². The Balaban J connectivity index is 1.27. The second-order valence-corrected chi connectivity index (χ2v) is 18.8. The van der Waals surface area contributed by atoms with Crippen molar-refractivity contribution in [3.05, 3.63) is 166 Å². The summed E-state index contributed by atoms with van der Waals surface area (Å²) in [5, 5.41) is 25.7. The summed E-state index contributed by atoms with van der Waals surface area (Å²) in [5.74, 6) is 6.95. The third kappa shape index (κ3) is 8.11. The van der Waals surface area contributed by atoms with Crippen LogP contribution in [-0.4, -0.2) is 68.9 Å². The van der Waals surface area contributed by atoms with Crippen LogP contribution in [-0.2, 0) is 0 Å². The second kappa shape index (κ2) is 17.6. The predicted octanol–water partition coefficient (Wildman–Crippen LogP) is 11.5. The van der Waals surface area contributed by atoms with E-state index in [1.165, 1.54) is 0 Å². The Labute approximate surface area is 430 Å². The van der Waals surface area contributed by atoms with Crippen molar-refractivity contribution >= 4 is 43.6 Å². The topological polar surface area (TPSA) is 212 Å². The number of hydrogen-bond acceptors (Lipinski definition) is 14. The van der Waals surface area contributed by atoms with Crippen molar-refractivity contribution in [2.24, 2.45) is 0 Å². The lowest BCUT2D eigenvalue weighted by molar-refractivity contribution is 0.928. The number of aromatic nitrogens is 14. The van der Waals surface area contributed by atoms with Crippen LogP contribution in [0.3, 0.4) is 0 Å². The van der Waals surface area contributed by atoms with E-state index in [2.05, 4.69) is 95.8 Å². The van der Waals surface area contributed by atoms with Gasteiger partial charge in [-0.1, -0.05) is 54.6 Å². The summed E-state index contributed by atoms with van der Waals surface area (Å²) in [6.45, 7) is 16.9. The van der Waals surface area contributed by atoms with Crippen LogP contribution in [0.1, 0.15) is 63.3 Å². The van der Waals surface area contributed by atoms with Crippen LogP contribution in [0.25, 0.3) is 112 Å². The molecular formula is C59H44N16. The molecule has 0 saturated carbocycles. The number of nitrogens with zero attached hydrogens (tertiary/aromatic N) is 16. The number of hydrogen-bond donors (Lipinski definition) is 0. The molecule has 0 saturated heterocycles. The Bertz CT molecular complexity index is 3970. The number of nitriles is 2. The lowest BCUT2D eigenvalue weighted by atomic mass is 9.95. The summed E-state index contributed by atoms with van der Waals surface area (Å²) in [5.41, 5.74) is 11.0. The third-order valence-corrected chi connectivity index (χ3v) is 13.2. The zero-order valence-corrected chi connectivity index (χ0v) is 42.5. The summed E-state index contributed by atoms with van der Waals surface area (Å²) >= 11 is 0. The smallest absolute Gasteiger partial charge is 0.163 e. The van der Waals surface area contributed by atoms with E-state index < -0.39 is 0 Å². The Hall–Kier alpha value is -10.1. The van der Waals surface area contributed by atoms with E-state index in [0.717, 1.165) is 82.6 Å². The molecule has 0 amide bonds. The minimum Gasteiger partial charge on any atom is -0.308 e. The van der Waals surface area contributed by atoms with Gasteiger partial charge >= 0.3 is 0 Å². The van der Waals surface area contributed by atoms with Gasteiger partial charge in [-0.2, -0.15) is 10.5 Å². The monoisotopic (exact) mass is 976 g/mol. The molecule has 0 unspecified atom stereocenters. The van der Waals surface area contributed by atoms with Crippen molar-refractivity contribution in [1.82, 2.24) is 68.9 Å². The molecule has 0 aliphatic carbocycles. The summed E-state index contributed by atoms with van der Waals surface area (Å²) in [4.78, 5) is 56.2. The van der Waals surface area contributed by atoms with Crippen LogP contribution in [0.4, 0.5) is 0 Å². The highest BCUT2D eigenvalue weighted by Gasteiger charge is 2.26. The van der Waals surface area contributed by atoms with E-state index >= 15 is 0 Å². The first-order valence-electron chi connectivity index (χ1n) is 24.2. The van der Waals surface area contributed by atoms with Gasteiger partial charge in [-0.25, -0.2) is 59.8 Å². The summed E-state index contributed by atoms with van der Waals surface area (Å²) in [6, 6.07) is 39.6. The summed E-state index contributed by atoms with van der Waals surface area (Å²) in [7, 11) is 0. The molecule has 12 rings (SSSR count). The number of rotatable bonds is 7. The zero-order valence-electron chi connectivity index (χ0n) is 42.5. The molecule has 0 atom stereocenters. The highest BCUT2D eigenvalue weighted by molar-refractivity contribution is 6.14. The molecule has 0 spiro atoms. The maximum absolute atomic E-state index is 11.3. The molecule has 0 fully saturated rings. The molecule has 6 aromatic heterocycles. The van der Waals surface area contributed by atoms with Crippen molar-refractivity contribution in [3.63, 3.8) is 0 Å². The standard InChI is InChI=1S/C59H44N16/c1-29-18-38(27-60)20-44(19-29)55-53(74-49-23-40(56-66-30(2)62-31(3)67-56)10-14-45(49)46-15-11-41(24-50(46)74)57-68-32(4)63-33(5)69-57)21-39(28-61)22-54(55)75-51-25-42(58-70-34(6)64-35(7)71-58)12-16-47(51)48-17-13-43(26-52(48)75)59-72-36(8)65-37(9)73-59/h10-26H,1-9H3. The van der Waals surface area contributed by atoms with Crippen molar-refractivity contribution in [3.8, 4) is 80.2 Å². The van der Waals surface area contributed by atoms with Crippen LogP contribution >= 0.6 is 0 Å². The molecule has 75 heavy (non-hydrogen) atoms. The fourth-order valence-electron chi connectivity index (χ4n) is 10.4. The van der Waals surface area contributed by atoms with E-state index in [1.807, 2.05) is 111 Å². The van der Waals surface area contributed by atoms with Gasteiger partial charge in [0.05, 0.1) is 56.7 Å². The first-order valence-corrected chi connectivity index (χ1v) is 24.2. The van der Waals surface area contributed by atoms with Gasteiger partial charge in [-0.05, 0) is 122 Å². The van der Waals surface area contributed by atoms with Gasteiger partial charge < -0.3 is 9.13 Å². The zero-order chi connectivity index (χ0) is 52.0. The summed E-state index contributed by atoms with van der Waals surface area (Å²) < 4.78 is 4.40. The highest BCUT2D eigenvalue weighted by atomic mass is 15.1. The summed E-state index contributed by atoms with van der Waals surface area (Å²) in [6.07, 6.45) is 0. The van der Waals surface area contributed by atoms with E-state index in [0.29, 0.717) is 92.4 Å². The average molecular weight is 977 g/mol. The minimum atomic E-state index is 0.390. The quantitative estimate of drug-likeness (QED) is 0.145. The molecule has 0 radical (unpaired) electrons. The van der Waals surface area contributed by atoms with Crippen LogP contribution in [0, 0.1) is 85.0 Å². The van der Waals surface area contributed by atoms with Gasteiger partial charge in [0.2, 0.25) is 0 Å². The first-order chi connectivity index (χ1) is 36.2. The van der Waals surface area contributed by atoms with E-state index in [-0.39, 0.29) is 0 Å². The van der Waals surface area contributed by atoms with Crippen LogP contribution in [0.15, 0.2) is 103 Å². The molecule has 0 aliphatic heterocycles. The molecular weight excluding hydrogens is 933 g/mol. The molecule has 360 valence electrons. The van der Waals surface area contributed by atoms with Gasteiger partial charge in [0.1, 0.15) is 46.6 Å². The lowest BCUT2D eigenvalue weighted by Gasteiger charge is -2.22. The van der Waals surface area contributed by atoms with Gasteiger partial charge in [0, 0.05) is 49.4 Å². The minimum absolute atomic E-state index is 0.390. The lowest BCUT2D eigenvalue weighted by Crippen LogP contribution is -2.06. The van der Waals surface area contributed by atoms with Crippen molar-refractivity contribution < 1.29 is 0 Å². The fourth-order valence-corrected chi connectivity index (χ4v) is 10.4. The molecule has 6 heterocycles. The average Bonchev–Trinajstić information content (AvgIpc) is 3.88. The predicted molar refractivity (Wildman–Crippen MR) is 288 cm³/mol. The van der Waals surface area contributed by atoms with Crippen LogP contribution in [0.2, 0.25) is 0 Å². The Morgan fingerprint density at radius 3 is 0.867 bits per heavy atom. The van der Waals surface area contributed by atoms with Crippen molar-refractivity contribution in [2.45, 2.75) is 62.3 Å². The highest BCUT2D eigenvalue weighted by Crippen LogP contribution is 2.45. The normalized spacial score (nSPS) is 11.5. The third-order valence-electron chi connectivity index (χ3n) is 13.2. The Kier molecular flexibility index (Phi) is 10.8. The van der Waals surface area contributed by atoms with Crippen LogP contribution in [0.5, 0.6) is 0 Å². The Morgan fingerprint density at radius 2 is 0.587 bits per heavy atom. The Morgan fingerprint density at radius 1 is 0.307 bits per heavy atom.